The molecule has 2 aliphatic heterocycles. The number of hydrogen-bond acceptors (Lipinski definition) is 6. The van der Waals surface area contributed by atoms with Gasteiger partial charge in [0, 0.05) is 44.2 Å². The van der Waals surface area contributed by atoms with Crippen LogP contribution < -0.4 is 5.32 Å². The van der Waals surface area contributed by atoms with Gasteiger partial charge in [0.25, 0.3) is 0 Å². The molecule has 31 heavy (non-hydrogen) atoms. The molecule has 0 radical (unpaired) electrons. The van der Waals surface area contributed by atoms with Crippen molar-refractivity contribution < 1.29 is 19.4 Å². The number of morpholine rings is 2. The zero-order valence-electron chi connectivity index (χ0n) is 18.5. The molecule has 1 aliphatic carbocycles. The molecular weight excluding hydrogens is 394 g/mol. The van der Waals surface area contributed by atoms with Crippen molar-refractivity contribution in [2.75, 3.05) is 65.7 Å². The Hall–Kier alpha value is -1.51. The number of hydrogen-bond donors (Lipinski definition) is 2. The fraction of sp³-hybridized carbons (Fsp3) is 0.708. The highest BCUT2D eigenvalue weighted by molar-refractivity contribution is 5.78. The van der Waals surface area contributed by atoms with Crippen LogP contribution in [0.3, 0.4) is 0 Å². The van der Waals surface area contributed by atoms with Crippen molar-refractivity contribution in [1.29, 1.82) is 0 Å². The second-order valence-electron chi connectivity index (χ2n) is 9.17. The van der Waals surface area contributed by atoms with Crippen LogP contribution in [-0.2, 0) is 19.7 Å². The van der Waals surface area contributed by atoms with E-state index in [4.69, 9.17) is 9.47 Å². The van der Waals surface area contributed by atoms with Crippen LogP contribution in [0.1, 0.15) is 31.2 Å². The predicted molar refractivity (Wildman–Crippen MR) is 119 cm³/mol. The molecule has 3 fully saturated rings. The summed E-state index contributed by atoms with van der Waals surface area (Å²) in [5.41, 5.74) is 1.11. The fourth-order valence-corrected chi connectivity index (χ4v) is 5.34. The summed E-state index contributed by atoms with van der Waals surface area (Å²) >= 11 is 0. The molecule has 4 rings (SSSR count). The number of aliphatic hydroxyl groups excluding tert-OH is 1. The third kappa shape index (κ3) is 5.84. The van der Waals surface area contributed by atoms with Gasteiger partial charge in [-0.15, -0.1) is 0 Å². The molecule has 0 spiro atoms. The average molecular weight is 432 g/mol. The Balaban J connectivity index is 1.44. The molecule has 0 unspecified atom stereocenters. The summed E-state index contributed by atoms with van der Waals surface area (Å²) in [5, 5.41) is 14.2. The minimum Gasteiger partial charge on any atom is -0.391 e. The van der Waals surface area contributed by atoms with Crippen LogP contribution in [0.4, 0.5) is 0 Å². The molecular formula is C24H37N3O4. The molecule has 1 amide bonds. The number of benzene rings is 1. The van der Waals surface area contributed by atoms with Gasteiger partial charge in [-0.05, 0) is 31.2 Å². The molecule has 172 valence electrons. The largest absolute Gasteiger partial charge is 0.391 e. The van der Waals surface area contributed by atoms with Crippen LogP contribution in [0, 0.1) is 0 Å². The lowest BCUT2D eigenvalue weighted by Gasteiger charge is -2.37. The molecule has 2 N–H and O–H groups in total. The second kappa shape index (κ2) is 10.9. The first kappa shape index (κ1) is 22.7. The minimum atomic E-state index is -0.340. The van der Waals surface area contributed by atoms with Crippen molar-refractivity contribution >= 4 is 5.91 Å². The Morgan fingerprint density at radius 2 is 1.65 bits per heavy atom. The topological polar surface area (TPSA) is 74.3 Å². The van der Waals surface area contributed by atoms with E-state index in [1.165, 1.54) is 5.56 Å². The third-order valence-electron chi connectivity index (χ3n) is 7.28. The minimum absolute atomic E-state index is 0.0757. The zero-order chi connectivity index (χ0) is 21.5. The lowest BCUT2D eigenvalue weighted by atomic mass is 9.74. The molecule has 1 aromatic carbocycles. The molecule has 7 nitrogen and oxygen atoms in total. The van der Waals surface area contributed by atoms with E-state index < -0.39 is 0 Å². The van der Waals surface area contributed by atoms with Gasteiger partial charge >= 0.3 is 0 Å². The summed E-state index contributed by atoms with van der Waals surface area (Å²) in [6.45, 7) is 7.30. The van der Waals surface area contributed by atoms with E-state index in [9.17, 15) is 9.90 Å². The predicted octanol–water partition coefficient (Wildman–Crippen LogP) is 1.01. The van der Waals surface area contributed by atoms with Crippen molar-refractivity contribution in [3.8, 4) is 0 Å². The van der Waals surface area contributed by atoms with E-state index in [1.807, 2.05) is 6.07 Å². The van der Waals surface area contributed by atoms with Crippen molar-refractivity contribution in [2.24, 2.45) is 0 Å². The quantitative estimate of drug-likeness (QED) is 0.655. The molecule has 1 saturated carbocycles. The SMILES string of the molecule is O=C(CN1CCOCC1)NC[C@]1(c2ccccc2)CC[C@H](O)[C@@H](N2CCOCC2)CC1. The van der Waals surface area contributed by atoms with Gasteiger partial charge in [-0.3, -0.25) is 14.6 Å². The maximum absolute atomic E-state index is 12.7. The van der Waals surface area contributed by atoms with Crippen molar-refractivity contribution in [1.82, 2.24) is 15.1 Å². The molecule has 7 heteroatoms. The maximum Gasteiger partial charge on any atom is 0.234 e. The van der Waals surface area contributed by atoms with E-state index in [-0.39, 0.29) is 23.5 Å². The number of rotatable bonds is 6. The number of carbonyl (C=O) groups is 1. The van der Waals surface area contributed by atoms with Crippen LogP contribution in [0.25, 0.3) is 0 Å². The van der Waals surface area contributed by atoms with Crippen LogP contribution in [-0.4, -0.2) is 98.7 Å². The summed E-state index contributed by atoms with van der Waals surface area (Å²) in [5.74, 6) is 0.0757. The second-order valence-corrected chi connectivity index (χ2v) is 9.17. The van der Waals surface area contributed by atoms with Gasteiger partial charge in [-0.25, -0.2) is 0 Å². The highest BCUT2D eigenvalue weighted by Crippen LogP contribution is 2.39. The first-order chi connectivity index (χ1) is 15.2. The van der Waals surface area contributed by atoms with Crippen LogP contribution in [0.2, 0.25) is 0 Å². The molecule has 3 aliphatic rings. The van der Waals surface area contributed by atoms with Crippen molar-refractivity contribution in [3.63, 3.8) is 0 Å². The first-order valence-corrected chi connectivity index (χ1v) is 11.8. The number of nitrogens with one attached hydrogen (secondary N) is 1. The number of aliphatic hydroxyl groups is 1. The van der Waals surface area contributed by atoms with Crippen molar-refractivity contribution in [2.45, 2.75) is 43.2 Å². The molecule has 2 saturated heterocycles. The van der Waals surface area contributed by atoms with Crippen molar-refractivity contribution in [3.05, 3.63) is 35.9 Å². The normalized spacial score (nSPS) is 31.1. The van der Waals surface area contributed by atoms with Gasteiger partial charge in [0.1, 0.15) is 0 Å². The molecule has 0 aromatic heterocycles. The van der Waals surface area contributed by atoms with Gasteiger partial charge in [0.05, 0.1) is 39.1 Å². The van der Waals surface area contributed by atoms with Crippen LogP contribution in [0.15, 0.2) is 30.3 Å². The average Bonchev–Trinajstić information content (AvgIpc) is 2.99. The molecule has 2 heterocycles. The van der Waals surface area contributed by atoms with E-state index in [0.29, 0.717) is 26.3 Å². The Morgan fingerprint density at radius 3 is 2.35 bits per heavy atom. The smallest absolute Gasteiger partial charge is 0.234 e. The first-order valence-electron chi connectivity index (χ1n) is 11.8. The third-order valence-corrected chi connectivity index (χ3v) is 7.28. The van der Waals surface area contributed by atoms with E-state index in [0.717, 1.165) is 65.1 Å². The summed E-state index contributed by atoms with van der Waals surface area (Å²) < 4.78 is 10.9. The highest BCUT2D eigenvalue weighted by atomic mass is 16.5. The van der Waals surface area contributed by atoms with Crippen LogP contribution in [0.5, 0.6) is 0 Å². The highest BCUT2D eigenvalue weighted by Gasteiger charge is 2.40. The maximum atomic E-state index is 12.7. The van der Waals surface area contributed by atoms with Gasteiger partial charge in [-0.2, -0.15) is 0 Å². The number of nitrogens with zero attached hydrogens (tertiary/aromatic N) is 2. The van der Waals surface area contributed by atoms with E-state index in [1.54, 1.807) is 0 Å². The molecule has 0 bridgehead atoms. The van der Waals surface area contributed by atoms with Gasteiger partial charge in [-0.1, -0.05) is 30.3 Å². The van der Waals surface area contributed by atoms with E-state index >= 15 is 0 Å². The van der Waals surface area contributed by atoms with Gasteiger partial charge in [0.15, 0.2) is 0 Å². The Morgan fingerprint density at radius 1 is 1.00 bits per heavy atom. The number of amides is 1. The molecule has 1 aromatic rings. The van der Waals surface area contributed by atoms with E-state index in [2.05, 4.69) is 39.4 Å². The van der Waals surface area contributed by atoms with Crippen LogP contribution >= 0.6 is 0 Å². The summed E-state index contributed by atoms with van der Waals surface area (Å²) in [6, 6.07) is 10.7. The lowest BCUT2D eigenvalue weighted by Crippen LogP contribution is -2.48. The summed E-state index contributed by atoms with van der Waals surface area (Å²) in [6.07, 6.45) is 3.16. The number of ether oxygens (including phenoxy) is 2. The Kier molecular flexibility index (Phi) is 7.96. The number of carbonyl (C=O) groups excluding carboxylic acids is 1. The lowest BCUT2D eigenvalue weighted by molar-refractivity contribution is -0.123. The zero-order valence-corrected chi connectivity index (χ0v) is 18.5. The Bertz CT molecular complexity index is 691. The van der Waals surface area contributed by atoms with Gasteiger partial charge < -0.3 is 19.9 Å². The molecule has 3 atom stereocenters. The fourth-order valence-electron chi connectivity index (χ4n) is 5.34. The summed E-state index contributed by atoms with van der Waals surface area (Å²) in [7, 11) is 0. The Labute approximate surface area is 185 Å². The van der Waals surface area contributed by atoms with Gasteiger partial charge in [0.2, 0.25) is 5.91 Å². The summed E-state index contributed by atoms with van der Waals surface area (Å²) in [4.78, 5) is 17.3. The standard InChI is InChI=1S/C24H37N3O4/c28-22-7-9-24(20-4-2-1-3-5-20,8-6-21(22)27-12-16-31-17-13-27)19-25-23(29)18-26-10-14-30-15-11-26/h1-5,21-22,28H,6-19H2,(H,25,29)/t21-,22-,24+/m0/s1. The monoisotopic (exact) mass is 431 g/mol.